The molecule has 7 heteroatoms. The molecule has 0 bridgehead atoms. The lowest BCUT2D eigenvalue weighted by atomic mass is 10.1. The first-order chi connectivity index (χ1) is 12.0. The van der Waals surface area contributed by atoms with E-state index in [0.29, 0.717) is 15.6 Å². The average molecular weight is 441 g/mol. The van der Waals surface area contributed by atoms with Gasteiger partial charge in [0.1, 0.15) is 0 Å². The number of carbonyl (C=O) groups excluding carboxylic acids is 2. The summed E-state index contributed by atoms with van der Waals surface area (Å²) in [6.07, 6.45) is 7.55. The van der Waals surface area contributed by atoms with Gasteiger partial charge >= 0.3 is 0 Å². The van der Waals surface area contributed by atoms with Crippen molar-refractivity contribution in [1.29, 1.82) is 0 Å². The van der Waals surface area contributed by atoms with Gasteiger partial charge in [-0.05, 0) is 42.4 Å². The second-order valence-electron chi connectivity index (χ2n) is 5.77. The summed E-state index contributed by atoms with van der Waals surface area (Å²) in [6.45, 7) is 2.16. The first-order valence-corrected chi connectivity index (χ1v) is 10.4. The molecule has 0 aromatic heterocycles. The zero-order valence-electron chi connectivity index (χ0n) is 14.1. The predicted molar refractivity (Wildman–Crippen MR) is 111 cm³/mol. The molecule has 1 N–H and O–H groups in total. The van der Waals surface area contributed by atoms with E-state index in [0.717, 1.165) is 29.3 Å². The number of thioether (sulfide) groups is 1. The minimum absolute atomic E-state index is 0.169. The maximum atomic E-state index is 12.5. The summed E-state index contributed by atoms with van der Waals surface area (Å²) in [5.74, 6) is -0.449. The Bertz CT molecular complexity index is 674. The van der Waals surface area contributed by atoms with Crippen LogP contribution in [0.4, 0.5) is 0 Å². The number of thiocarbonyl (C=S) groups is 1. The highest BCUT2D eigenvalue weighted by atomic mass is 79.9. The normalized spacial score (nSPS) is 15.9. The van der Waals surface area contributed by atoms with Gasteiger partial charge in [-0.15, -0.1) is 0 Å². The fourth-order valence-corrected chi connectivity index (χ4v) is 3.79. The summed E-state index contributed by atoms with van der Waals surface area (Å²) >= 11 is 9.81. The molecule has 0 aliphatic carbocycles. The Kier molecular flexibility index (Phi) is 8.12. The Hall–Kier alpha value is -1.18. The van der Waals surface area contributed by atoms with Crippen molar-refractivity contribution in [3.63, 3.8) is 0 Å². The summed E-state index contributed by atoms with van der Waals surface area (Å²) in [6, 6.07) is 7.64. The summed E-state index contributed by atoms with van der Waals surface area (Å²) in [5.41, 5.74) is 3.54. The van der Waals surface area contributed by atoms with Gasteiger partial charge < -0.3 is 0 Å². The summed E-state index contributed by atoms with van der Waals surface area (Å²) in [7, 11) is 0. The fraction of sp³-hybridized carbons (Fsp3) is 0.389. The summed E-state index contributed by atoms with van der Waals surface area (Å²) < 4.78 is 1.33. The van der Waals surface area contributed by atoms with Crippen LogP contribution in [-0.4, -0.2) is 21.1 Å². The van der Waals surface area contributed by atoms with Crippen molar-refractivity contribution in [3.8, 4) is 0 Å². The van der Waals surface area contributed by atoms with Gasteiger partial charge in [0.2, 0.25) is 5.91 Å². The molecule has 0 spiro atoms. The number of amides is 2. The lowest BCUT2D eigenvalue weighted by molar-refractivity contribution is -0.133. The SMILES string of the molecule is CCCCCCCC(=O)NN1C(=O)C(=Cc2ccc(Br)cc2)SC1=S. The van der Waals surface area contributed by atoms with E-state index in [-0.39, 0.29) is 11.8 Å². The van der Waals surface area contributed by atoms with Gasteiger partial charge in [-0.2, -0.15) is 5.01 Å². The van der Waals surface area contributed by atoms with E-state index in [1.807, 2.05) is 24.3 Å². The van der Waals surface area contributed by atoms with Gasteiger partial charge in [-0.1, -0.05) is 72.4 Å². The lowest BCUT2D eigenvalue weighted by Gasteiger charge is -2.15. The van der Waals surface area contributed by atoms with Crippen molar-refractivity contribution in [2.45, 2.75) is 45.4 Å². The molecule has 25 heavy (non-hydrogen) atoms. The maximum Gasteiger partial charge on any atom is 0.285 e. The molecule has 2 rings (SSSR count). The summed E-state index contributed by atoms with van der Waals surface area (Å²) in [4.78, 5) is 25.0. The standard InChI is InChI=1S/C18H21BrN2O2S2/c1-2-3-4-5-6-7-16(22)20-21-17(23)15(25-18(21)24)12-13-8-10-14(19)11-9-13/h8-12H,2-7H2,1H3,(H,20,22). The highest BCUT2D eigenvalue weighted by Gasteiger charge is 2.33. The number of hydrogen-bond donors (Lipinski definition) is 1. The number of benzene rings is 1. The quantitative estimate of drug-likeness (QED) is 0.349. The van der Waals surface area contributed by atoms with Gasteiger partial charge in [0, 0.05) is 10.9 Å². The third-order valence-electron chi connectivity index (χ3n) is 3.71. The smallest absolute Gasteiger partial charge is 0.273 e. The molecular weight excluding hydrogens is 420 g/mol. The van der Waals surface area contributed by atoms with Crippen LogP contribution in [0.5, 0.6) is 0 Å². The highest BCUT2D eigenvalue weighted by Crippen LogP contribution is 2.31. The lowest BCUT2D eigenvalue weighted by Crippen LogP contribution is -2.44. The number of carbonyl (C=O) groups is 2. The summed E-state index contributed by atoms with van der Waals surface area (Å²) in [5, 5.41) is 1.18. The van der Waals surface area contributed by atoms with Gasteiger partial charge in [0.05, 0.1) is 4.91 Å². The Morgan fingerprint density at radius 1 is 1.24 bits per heavy atom. The van der Waals surface area contributed by atoms with E-state index in [9.17, 15) is 9.59 Å². The monoisotopic (exact) mass is 440 g/mol. The predicted octanol–water partition coefficient (Wildman–Crippen LogP) is 5.04. The van der Waals surface area contributed by atoms with E-state index in [4.69, 9.17) is 12.2 Å². The molecule has 2 amide bonds. The van der Waals surface area contributed by atoms with Crippen molar-refractivity contribution in [1.82, 2.24) is 10.4 Å². The molecule has 1 heterocycles. The molecular formula is C18H21BrN2O2S2. The van der Waals surface area contributed by atoms with Crippen LogP contribution in [0.3, 0.4) is 0 Å². The van der Waals surface area contributed by atoms with Crippen molar-refractivity contribution < 1.29 is 9.59 Å². The second kappa shape index (κ2) is 10.1. The minimum Gasteiger partial charge on any atom is -0.273 e. The topological polar surface area (TPSA) is 49.4 Å². The van der Waals surface area contributed by atoms with Gasteiger partial charge in [-0.3, -0.25) is 15.0 Å². The zero-order valence-corrected chi connectivity index (χ0v) is 17.3. The molecule has 4 nitrogen and oxygen atoms in total. The number of hydrogen-bond acceptors (Lipinski definition) is 4. The molecule has 1 aromatic carbocycles. The highest BCUT2D eigenvalue weighted by molar-refractivity contribution is 9.10. The Labute approximate surface area is 166 Å². The van der Waals surface area contributed by atoms with Crippen LogP contribution in [0.15, 0.2) is 33.6 Å². The zero-order chi connectivity index (χ0) is 18.2. The number of halogens is 1. The first kappa shape index (κ1) is 20.1. The maximum absolute atomic E-state index is 12.5. The van der Waals surface area contributed by atoms with Crippen LogP contribution >= 0.6 is 39.9 Å². The average Bonchev–Trinajstić information content (AvgIpc) is 2.84. The Balaban J connectivity index is 1.90. The third kappa shape index (κ3) is 6.24. The van der Waals surface area contributed by atoms with E-state index >= 15 is 0 Å². The van der Waals surface area contributed by atoms with Crippen LogP contribution < -0.4 is 5.43 Å². The van der Waals surface area contributed by atoms with Crippen molar-refractivity contribution in [2.75, 3.05) is 0 Å². The van der Waals surface area contributed by atoms with Gasteiger partial charge in [-0.25, -0.2) is 0 Å². The second-order valence-corrected chi connectivity index (χ2v) is 8.36. The molecule has 1 aromatic rings. The number of nitrogens with zero attached hydrogens (tertiary/aromatic N) is 1. The number of rotatable bonds is 8. The van der Waals surface area contributed by atoms with Crippen LogP contribution in [0.1, 0.15) is 51.0 Å². The molecule has 1 aliphatic heterocycles. The van der Waals surface area contributed by atoms with Crippen molar-refractivity contribution in [2.24, 2.45) is 0 Å². The first-order valence-electron chi connectivity index (χ1n) is 8.34. The molecule has 0 radical (unpaired) electrons. The van der Waals surface area contributed by atoms with Gasteiger partial charge in [0.15, 0.2) is 4.32 Å². The van der Waals surface area contributed by atoms with Gasteiger partial charge in [0.25, 0.3) is 5.91 Å². The van der Waals surface area contributed by atoms with Crippen LogP contribution in [0, 0.1) is 0 Å². The van der Waals surface area contributed by atoms with Crippen LogP contribution in [0.2, 0.25) is 0 Å². The Morgan fingerprint density at radius 2 is 1.92 bits per heavy atom. The number of unbranched alkanes of at least 4 members (excludes halogenated alkanes) is 4. The van der Waals surface area contributed by atoms with Crippen LogP contribution in [-0.2, 0) is 9.59 Å². The molecule has 1 fully saturated rings. The van der Waals surface area contributed by atoms with E-state index in [2.05, 4.69) is 28.3 Å². The third-order valence-corrected chi connectivity index (χ3v) is 5.54. The molecule has 0 atom stereocenters. The molecule has 1 aliphatic rings. The Morgan fingerprint density at radius 3 is 2.60 bits per heavy atom. The van der Waals surface area contributed by atoms with E-state index in [1.54, 1.807) is 6.08 Å². The van der Waals surface area contributed by atoms with Crippen LogP contribution in [0.25, 0.3) is 6.08 Å². The number of nitrogens with one attached hydrogen (secondary N) is 1. The molecule has 0 unspecified atom stereocenters. The minimum atomic E-state index is -0.280. The van der Waals surface area contributed by atoms with E-state index in [1.165, 1.54) is 29.6 Å². The fourth-order valence-electron chi connectivity index (χ4n) is 2.34. The number of hydrazine groups is 1. The van der Waals surface area contributed by atoms with Crippen molar-refractivity contribution >= 4 is 62.1 Å². The largest absolute Gasteiger partial charge is 0.285 e. The molecule has 134 valence electrons. The van der Waals surface area contributed by atoms with Crippen molar-refractivity contribution in [3.05, 3.63) is 39.2 Å². The van der Waals surface area contributed by atoms with E-state index < -0.39 is 0 Å². The molecule has 1 saturated heterocycles. The molecule has 0 saturated carbocycles.